The molecule has 1 rings (SSSR count). The first-order valence-corrected chi connectivity index (χ1v) is 7.14. The van der Waals surface area contributed by atoms with Crippen LogP contribution in [-0.4, -0.2) is 62.9 Å². The Balaban J connectivity index is 2.57. The lowest BCUT2D eigenvalue weighted by atomic mass is 10.1. The monoisotopic (exact) mass is 288 g/mol. The standard InChI is InChI=1S/C12H20N2O4S/c1-12(2,3)14(8-10(16)17)9(15)4-5-13-6-7-19-11(13)18/h4-8H2,1-3H3,(H,16,17). The maximum atomic E-state index is 12.1. The molecule has 0 spiro atoms. The predicted molar refractivity (Wildman–Crippen MR) is 73.1 cm³/mol. The average molecular weight is 288 g/mol. The second-order valence-corrected chi connectivity index (χ2v) is 6.44. The van der Waals surface area contributed by atoms with Crippen LogP contribution in [0, 0.1) is 0 Å². The number of thioether (sulfide) groups is 1. The highest BCUT2D eigenvalue weighted by Gasteiger charge is 2.29. The second kappa shape index (κ2) is 6.27. The number of hydrogen-bond donors (Lipinski definition) is 1. The number of carboxylic acid groups (broad SMARTS) is 1. The molecule has 19 heavy (non-hydrogen) atoms. The van der Waals surface area contributed by atoms with Crippen molar-refractivity contribution in [2.45, 2.75) is 32.7 Å². The van der Waals surface area contributed by atoms with Gasteiger partial charge in [-0.3, -0.25) is 14.4 Å². The van der Waals surface area contributed by atoms with Gasteiger partial charge in [-0.2, -0.15) is 0 Å². The number of rotatable bonds is 5. The molecule has 1 aliphatic rings. The van der Waals surface area contributed by atoms with Gasteiger partial charge >= 0.3 is 5.97 Å². The summed E-state index contributed by atoms with van der Waals surface area (Å²) in [6, 6.07) is 0. The van der Waals surface area contributed by atoms with Gasteiger partial charge in [0.1, 0.15) is 6.54 Å². The maximum Gasteiger partial charge on any atom is 0.323 e. The summed E-state index contributed by atoms with van der Waals surface area (Å²) in [5.41, 5.74) is -0.542. The SMILES string of the molecule is CC(C)(C)N(CC(=O)O)C(=O)CCN1CCSC1=O. The Morgan fingerprint density at radius 2 is 2.05 bits per heavy atom. The highest BCUT2D eigenvalue weighted by atomic mass is 32.2. The van der Waals surface area contributed by atoms with E-state index >= 15 is 0 Å². The van der Waals surface area contributed by atoms with Crippen molar-refractivity contribution in [1.82, 2.24) is 9.80 Å². The van der Waals surface area contributed by atoms with Crippen LogP contribution in [0.15, 0.2) is 0 Å². The van der Waals surface area contributed by atoms with Gasteiger partial charge in [0.2, 0.25) is 5.91 Å². The second-order valence-electron chi connectivity index (χ2n) is 5.40. The van der Waals surface area contributed by atoms with Crippen molar-refractivity contribution in [3.63, 3.8) is 0 Å². The number of nitrogens with zero attached hydrogens (tertiary/aromatic N) is 2. The first kappa shape index (κ1) is 15.8. The molecule has 0 unspecified atom stereocenters. The maximum absolute atomic E-state index is 12.1. The summed E-state index contributed by atoms with van der Waals surface area (Å²) in [5.74, 6) is -0.513. The van der Waals surface area contributed by atoms with Crippen LogP contribution in [0.4, 0.5) is 4.79 Å². The van der Waals surface area contributed by atoms with Crippen LogP contribution in [0.2, 0.25) is 0 Å². The number of hydrogen-bond acceptors (Lipinski definition) is 4. The molecule has 7 heteroatoms. The quantitative estimate of drug-likeness (QED) is 0.824. The molecular formula is C12H20N2O4S. The van der Waals surface area contributed by atoms with E-state index in [1.165, 1.54) is 16.7 Å². The van der Waals surface area contributed by atoms with Gasteiger partial charge in [0.15, 0.2) is 0 Å². The zero-order valence-electron chi connectivity index (χ0n) is 11.5. The molecule has 0 aliphatic carbocycles. The molecule has 0 bridgehead atoms. The molecule has 6 nitrogen and oxygen atoms in total. The Morgan fingerprint density at radius 3 is 2.47 bits per heavy atom. The lowest BCUT2D eigenvalue weighted by molar-refractivity contribution is -0.148. The summed E-state index contributed by atoms with van der Waals surface area (Å²) in [7, 11) is 0. The average Bonchev–Trinajstić information content (AvgIpc) is 2.67. The minimum atomic E-state index is -1.03. The molecule has 0 aromatic rings. The number of carbonyl (C=O) groups excluding carboxylic acids is 2. The van der Waals surface area contributed by atoms with Crippen LogP contribution in [0.25, 0.3) is 0 Å². The number of carbonyl (C=O) groups is 3. The lowest BCUT2D eigenvalue weighted by Gasteiger charge is -2.34. The minimum absolute atomic E-state index is 0.00616. The van der Waals surface area contributed by atoms with Crippen molar-refractivity contribution in [3.8, 4) is 0 Å². The molecule has 1 N–H and O–H groups in total. The van der Waals surface area contributed by atoms with Gasteiger partial charge in [0.25, 0.3) is 5.24 Å². The van der Waals surface area contributed by atoms with Crippen LogP contribution in [0.3, 0.4) is 0 Å². The topological polar surface area (TPSA) is 77.9 Å². The number of amides is 2. The van der Waals surface area contributed by atoms with Crippen molar-refractivity contribution in [2.24, 2.45) is 0 Å². The van der Waals surface area contributed by atoms with Crippen LogP contribution in [-0.2, 0) is 9.59 Å². The van der Waals surface area contributed by atoms with E-state index in [1.54, 1.807) is 25.7 Å². The molecule has 1 aliphatic heterocycles. The molecule has 108 valence electrons. The van der Waals surface area contributed by atoms with Gasteiger partial charge < -0.3 is 14.9 Å². The smallest absolute Gasteiger partial charge is 0.323 e. The number of aliphatic carboxylic acids is 1. The largest absolute Gasteiger partial charge is 0.480 e. The van der Waals surface area contributed by atoms with E-state index < -0.39 is 11.5 Å². The van der Waals surface area contributed by atoms with Crippen molar-refractivity contribution in [3.05, 3.63) is 0 Å². The van der Waals surface area contributed by atoms with Crippen LogP contribution < -0.4 is 0 Å². The fraction of sp³-hybridized carbons (Fsp3) is 0.750. The summed E-state index contributed by atoms with van der Waals surface area (Å²) in [6.07, 6.45) is 0.164. The van der Waals surface area contributed by atoms with Crippen molar-refractivity contribution >= 4 is 28.9 Å². The van der Waals surface area contributed by atoms with E-state index in [1.807, 2.05) is 0 Å². The van der Waals surface area contributed by atoms with Gasteiger partial charge in [-0.25, -0.2) is 0 Å². The van der Waals surface area contributed by atoms with Crippen LogP contribution in [0.5, 0.6) is 0 Å². The third-order valence-electron chi connectivity index (χ3n) is 2.84. The normalized spacial score (nSPS) is 15.7. The molecule has 2 amide bonds. The summed E-state index contributed by atoms with van der Waals surface area (Å²) in [5, 5.41) is 8.85. The molecule has 0 radical (unpaired) electrons. The highest BCUT2D eigenvalue weighted by Crippen LogP contribution is 2.19. The summed E-state index contributed by atoms with van der Waals surface area (Å²) >= 11 is 1.25. The van der Waals surface area contributed by atoms with E-state index in [0.717, 1.165) is 5.75 Å². The molecule has 0 saturated carbocycles. The third kappa shape index (κ3) is 4.74. The predicted octanol–water partition coefficient (Wildman–Crippen LogP) is 1.26. The Labute approximate surface area is 117 Å². The van der Waals surface area contributed by atoms with Gasteiger partial charge in [0, 0.05) is 30.8 Å². The minimum Gasteiger partial charge on any atom is -0.480 e. The van der Waals surface area contributed by atoms with Gasteiger partial charge in [0.05, 0.1) is 0 Å². The summed E-state index contributed by atoms with van der Waals surface area (Å²) < 4.78 is 0. The van der Waals surface area contributed by atoms with E-state index in [-0.39, 0.29) is 24.1 Å². The summed E-state index contributed by atoms with van der Waals surface area (Å²) in [6.45, 7) is 6.09. The van der Waals surface area contributed by atoms with Gasteiger partial charge in [-0.1, -0.05) is 11.8 Å². The Kier molecular flexibility index (Phi) is 5.22. The first-order valence-electron chi connectivity index (χ1n) is 6.16. The van der Waals surface area contributed by atoms with E-state index in [4.69, 9.17) is 5.11 Å². The van der Waals surface area contributed by atoms with Crippen molar-refractivity contribution in [1.29, 1.82) is 0 Å². The van der Waals surface area contributed by atoms with E-state index in [0.29, 0.717) is 13.1 Å². The first-order chi connectivity index (χ1) is 8.71. The number of carboxylic acids is 1. The van der Waals surface area contributed by atoms with Crippen molar-refractivity contribution < 1.29 is 19.5 Å². The third-order valence-corrected chi connectivity index (χ3v) is 3.74. The lowest BCUT2D eigenvalue weighted by Crippen LogP contribution is -2.49. The molecule has 0 aromatic heterocycles. The van der Waals surface area contributed by atoms with Crippen molar-refractivity contribution in [2.75, 3.05) is 25.4 Å². The molecule has 0 aromatic carbocycles. The molecule has 1 saturated heterocycles. The van der Waals surface area contributed by atoms with E-state index in [9.17, 15) is 14.4 Å². The molecule has 0 atom stereocenters. The summed E-state index contributed by atoms with van der Waals surface area (Å²) in [4.78, 5) is 37.3. The van der Waals surface area contributed by atoms with Gasteiger partial charge in [-0.05, 0) is 20.8 Å². The zero-order chi connectivity index (χ0) is 14.6. The molecule has 1 heterocycles. The van der Waals surface area contributed by atoms with Crippen LogP contribution >= 0.6 is 11.8 Å². The highest BCUT2D eigenvalue weighted by molar-refractivity contribution is 8.13. The Hall–Kier alpha value is -1.24. The van der Waals surface area contributed by atoms with Crippen LogP contribution in [0.1, 0.15) is 27.2 Å². The molecule has 1 fully saturated rings. The molecular weight excluding hydrogens is 268 g/mol. The van der Waals surface area contributed by atoms with Gasteiger partial charge in [-0.15, -0.1) is 0 Å². The fourth-order valence-corrected chi connectivity index (χ4v) is 2.68. The van der Waals surface area contributed by atoms with E-state index in [2.05, 4.69) is 0 Å². The Morgan fingerprint density at radius 1 is 1.42 bits per heavy atom. The zero-order valence-corrected chi connectivity index (χ0v) is 12.3. The fourth-order valence-electron chi connectivity index (χ4n) is 1.83. The Bertz CT molecular complexity index is 378.